The maximum absolute atomic E-state index is 13.4. The number of carbonyl (C=O) groups excluding carboxylic acids is 2. The molecule has 1 aromatic rings. The fourth-order valence-corrected chi connectivity index (χ4v) is 1.60. The van der Waals surface area contributed by atoms with Gasteiger partial charge in [-0.25, -0.2) is 4.39 Å². The van der Waals surface area contributed by atoms with E-state index in [9.17, 15) is 14.0 Å². The maximum Gasteiger partial charge on any atom is 0.243 e. The average Bonchev–Trinajstić information content (AvgIpc) is 2.39. The normalized spacial score (nSPS) is 12.1. The van der Waals surface area contributed by atoms with Crippen molar-refractivity contribution in [1.82, 2.24) is 5.32 Å². The van der Waals surface area contributed by atoms with Crippen LogP contribution in [0.4, 0.5) is 10.1 Å². The Balaban J connectivity index is 2.55. The zero-order valence-corrected chi connectivity index (χ0v) is 12.0. The Hall–Kier alpha value is -1.66. The molecule has 0 bridgehead atoms. The number of hydrogen-bond donors (Lipinski definition) is 3. The predicted molar refractivity (Wildman–Crippen MR) is 75.9 cm³/mol. The summed E-state index contributed by atoms with van der Waals surface area (Å²) in [6.07, 6.45) is 0. The monoisotopic (exact) mass is 301 g/mol. The number of rotatable bonds is 5. The molecule has 7 heteroatoms. The van der Waals surface area contributed by atoms with E-state index in [-0.39, 0.29) is 23.2 Å². The average molecular weight is 302 g/mol. The second-order valence-electron chi connectivity index (χ2n) is 4.63. The molecule has 0 aliphatic carbocycles. The van der Waals surface area contributed by atoms with Gasteiger partial charge in [-0.1, -0.05) is 31.5 Å². The SMILES string of the molecule is CC(C)[C@H](N)C(=O)NCC(=O)Nc1c(F)cccc1Cl. The molecule has 0 fully saturated rings. The smallest absolute Gasteiger partial charge is 0.243 e. The van der Waals surface area contributed by atoms with E-state index in [1.165, 1.54) is 18.2 Å². The minimum Gasteiger partial charge on any atom is -0.346 e. The van der Waals surface area contributed by atoms with Crippen LogP contribution in [0.25, 0.3) is 0 Å². The van der Waals surface area contributed by atoms with Crippen molar-refractivity contribution in [2.24, 2.45) is 11.7 Å². The van der Waals surface area contributed by atoms with Crippen LogP contribution >= 0.6 is 11.6 Å². The highest BCUT2D eigenvalue weighted by atomic mass is 35.5. The lowest BCUT2D eigenvalue weighted by atomic mass is 10.1. The third kappa shape index (κ3) is 4.47. The van der Waals surface area contributed by atoms with Gasteiger partial charge in [0.2, 0.25) is 11.8 Å². The third-order valence-electron chi connectivity index (χ3n) is 2.67. The van der Waals surface area contributed by atoms with Gasteiger partial charge in [0, 0.05) is 0 Å². The second-order valence-corrected chi connectivity index (χ2v) is 5.04. The van der Waals surface area contributed by atoms with Crippen molar-refractivity contribution in [3.8, 4) is 0 Å². The molecule has 0 saturated heterocycles. The minimum atomic E-state index is -0.695. The van der Waals surface area contributed by atoms with Crippen LogP contribution in [0, 0.1) is 11.7 Å². The van der Waals surface area contributed by atoms with Gasteiger partial charge in [0.15, 0.2) is 0 Å². The topological polar surface area (TPSA) is 84.2 Å². The highest BCUT2D eigenvalue weighted by Gasteiger charge is 2.18. The first-order valence-electron chi connectivity index (χ1n) is 6.10. The lowest BCUT2D eigenvalue weighted by molar-refractivity contribution is -0.125. The first kappa shape index (κ1) is 16.4. The molecular weight excluding hydrogens is 285 g/mol. The number of hydrogen-bond acceptors (Lipinski definition) is 3. The van der Waals surface area contributed by atoms with Gasteiger partial charge in [-0.15, -0.1) is 0 Å². The Bertz CT molecular complexity index is 488. The lowest BCUT2D eigenvalue weighted by Crippen LogP contribution is -2.46. The fourth-order valence-electron chi connectivity index (χ4n) is 1.39. The van der Waals surface area contributed by atoms with E-state index in [1.54, 1.807) is 13.8 Å². The molecule has 110 valence electrons. The molecule has 0 heterocycles. The zero-order valence-electron chi connectivity index (χ0n) is 11.2. The standard InChI is InChI=1S/C13H17ClFN3O2/c1-7(2)11(16)13(20)17-6-10(19)18-12-8(14)4-3-5-9(12)15/h3-5,7,11H,6,16H2,1-2H3,(H,17,20)(H,18,19)/t11-/m0/s1. The van der Waals surface area contributed by atoms with E-state index in [1.807, 2.05) is 0 Å². The van der Waals surface area contributed by atoms with Crippen molar-refractivity contribution in [2.45, 2.75) is 19.9 Å². The molecule has 0 aromatic heterocycles. The van der Waals surface area contributed by atoms with E-state index in [2.05, 4.69) is 10.6 Å². The summed E-state index contributed by atoms with van der Waals surface area (Å²) >= 11 is 5.77. The van der Waals surface area contributed by atoms with Gasteiger partial charge in [-0.05, 0) is 18.1 Å². The van der Waals surface area contributed by atoms with Gasteiger partial charge >= 0.3 is 0 Å². The summed E-state index contributed by atoms with van der Waals surface area (Å²) in [6, 6.07) is 3.36. The molecule has 5 nitrogen and oxygen atoms in total. The minimum absolute atomic E-state index is 0.0425. The van der Waals surface area contributed by atoms with Crippen LogP contribution in [0.15, 0.2) is 18.2 Å². The number of anilines is 1. The number of nitrogens with one attached hydrogen (secondary N) is 2. The van der Waals surface area contributed by atoms with E-state index < -0.39 is 23.7 Å². The van der Waals surface area contributed by atoms with E-state index in [0.29, 0.717) is 0 Å². The molecule has 0 aliphatic heterocycles. The Morgan fingerprint density at radius 1 is 1.40 bits per heavy atom. The molecule has 2 amide bonds. The highest BCUT2D eigenvalue weighted by molar-refractivity contribution is 6.33. The van der Waals surface area contributed by atoms with Crippen LogP contribution in [0.2, 0.25) is 5.02 Å². The van der Waals surface area contributed by atoms with Gasteiger partial charge in [-0.2, -0.15) is 0 Å². The first-order valence-corrected chi connectivity index (χ1v) is 6.48. The van der Waals surface area contributed by atoms with Crippen LogP contribution in [0.5, 0.6) is 0 Å². The number of nitrogens with two attached hydrogens (primary N) is 1. The molecule has 0 radical (unpaired) electrons. The summed E-state index contributed by atoms with van der Waals surface area (Å²) in [5, 5.41) is 4.77. The zero-order chi connectivity index (χ0) is 15.3. The van der Waals surface area contributed by atoms with E-state index in [4.69, 9.17) is 17.3 Å². The first-order chi connectivity index (χ1) is 9.32. The van der Waals surface area contributed by atoms with Crippen LogP contribution in [0.3, 0.4) is 0 Å². The van der Waals surface area contributed by atoms with E-state index >= 15 is 0 Å². The fraction of sp³-hybridized carbons (Fsp3) is 0.385. The quantitative estimate of drug-likeness (QED) is 0.771. The summed E-state index contributed by atoms with van der Waals surface area (Å²) in [5.74, 6) is -1.70. The summed E-state index contributed by atoms with van der Waals surface area (Å²) in [5.41, 5.74) is 5.51. The van der Waals surface area contributed by atoms with Gasteiger partial charge < -0.3 is 16.4 Å². The van der Waals surface area contributed by atoms with Gasteiger partial charge in [0.25, 0.3) is 0 Å². The highest BCUT2D eigenvalue weighted by Crippen LogP contribution is 2.24. The predicted octanol–water partition coefficient (Wildman–Crippen LogP) is 1.52. The van der Waals surface area contributed by atoms with Gasteiger partial charge in [-0.3, -0.25) is 9.59 Å². The molecule has 1 aromatic carbocycles. The Morgan fingerprint density at radius 2 is 2.05 bits per heavy atom. The number of halogens is 2. The summed E-state index contributed by atoms with van der Waals surface area (Å²) < 4.78 is 13.4. The van der Waals surface area contributed by atoms with Crippen LogP contribution < -0.4 is 16.4 Å². The molecular formula is C13H17ClFN3O2. The van der Waals surface area contributed by atoms with E-state index in [0.717, 1.165) is 0 Å². The number of benzene rings is 1. The molecule has 0 aliphatic rings. The summed E-state index contributed by atoms with van der Waals surface area (Å²) in [7, 11) is 0. The van der Waals surface area contributed by atoms with Crippen molar-refractivity contribution in [3.05, 3.63) is 29.0 Å². The van der Waals surface area contributed by atoms with Gasteiger partial charge in [0.1, 0.15) is 5.82 Å². The Labute approximate surface area is 121 Å². The molecule has 0 saturated carbocycles. The second kappa shape index (κ2) is 7.21. The Morgan fingerprint density at radius 3 is 2.60 bits per heavy atom. The van der Waals surface area contributed by atoms with Crippen molar-refractivity contribution < 1.29 is 14.0 Å². The van der Waals surface area contributed by atoms with Crippen molar-refractivity contribution >= 4 is 29.1 Å². The molecule has 1 atom stereocenters. The van der Waals surface area contributed by atoms with Crippen LogP contribution in [-0.2, 0) is 9.59 Å². The lowest BCUT2D eigenvalue weighted by Gasteiger charge is -2.15. The molecule has 4 N–H and O–H groups in total. The third-order valence-corrected chi connectivity index (χ3v) is 2.99. The molecule has 1 rings (SSSR count). The number of carbonyl (C=O) groups is 2. The molecule has 20 heavy (non-hydrogen) atoms. The maximum atomic E-state index is 13.4. The van der Waals surface area contributed by atoms with Gasteiger partial charge in [0.05, 0.1) is 23.3 Å². The number of para-hydroxylation sites is 1. The van der Waals surface area contributed by atoms with Crippen molar-refractivity contribution in [2.75, 3.05) is 11.9 Å². The Kier molecular flexibility index (Phi) is 5.91. The molecule has 0 spiro atoms. The number of amides is 2. The molecule has 0 unspecified atom stereocenters. The van der Waals surface area contributed by atoms with Crippen LogP contribution in [-0.4, -0.2) is 24.4 Å². The summed E-state index contributed by atoms with van der Waals surface area (Å²) in [6.45, 7) is 3.29. The van der Waals surface area contributed by atoms with Crippen molar-refractivity contribution in [1.29, 1.82) is 0 Å². The largest absolute Gasteiger partial charge is 0.346 e. The van der Waals surface area contributed by atoms with Crippen molar-refractivity contribution in [3.63, 3.8) is 0 Å². The summed E-state index contributed by atoms with van der Waals surface area (Å²) in [4.78, 5) is 23.2. The van der Waals surface area contributed by atoms with Crippen LogP contribution in [0.1, 0.15) is 13.8 Å².